The predicted octanol–water partition coefficient (Wildman–Crippen LogP) is 4.81. The number of carbonyl (C=O) groups excluding carboxylic acids is 2. The van der Waals surface area contributed by atoms with Gasteiger partial charge in [-0.3, -0.25) is 4.79 Å². The van der Waals surface area contributed by atoms with Crippen LogP contribution in [0.2, 0.25) is 0 Å². The number of piperidine rings is 1. The van der Waals surface area contributed by atoms with E-state index >= 15 is 0 Å². The maximum Gasteiger partial charge on any atom is 0.407 e. The number of aromatic nitrogens is 4. The van der Waals surface area contributed by atoms with E-state index in [1.807, 2.05) is 49.9 Å². The number of likely N-dealkylation sites (tertiary alicyclic amines) is 1. The standard InChI is InChI=1S/C27H34N6O4S/c1-7-33-23(29-18-10-12-38-25(18)33)22-30-19-13-16(14-20(36-6)21(19)31(22)5)24(34)32-11-8-9-17(15-32)28-26(35)37-27(2,3)4/h10,12-14,17H,7-9,11,15H2,1-6H3,(H,28,35)/t17-/m1/s1. The number of rotatable bonds is 5. The lowest BCUT2D eigenvalue weighted by atomic mass is 10.0. The first-order valence-corrected chi connectivity index (χ1v) is 13.7. The third-order valence-corrected chi connectivity index (χ3v) is 7.62. The summed E-state index contributed by atoms with van der Waals surface area (Å²) in [6, 6.07) is 5.43. The minimum Gasteiger partial charge on any atom is -0.494 e. The Morgan fingerprint density at radius 2 is 1.95 bits per heavy atom. The normalized spacial score (nSPS) is 16.3. The Morgan fingerprint density at radius 3 is 2.66 bits per heavy atom. The SMILES string of the molecule is CCn1c(-c2nc3cc(C(=O)N4CCC[C@@H](NC(=O)OC(C)(C)C)C4)cc(OC)c3n2C)nc2ccsc21. The molecule has 4 aromatic rings. The van der Waals surface area contributed by atoms with Gasteiger partial charge in [-0.1, -0.05) is 0 Å². The van der Waals surface area contributed by atoms with Crippen LogP contribution in [0.15, 0.2) is 23.6 Å². The smallest absolute Gasteiger partial charge is 0.407 e. The number of benzene rings is 1. The molecule has 38 heavy (non-hydrogen) atoms. The lowest BCUT2D eigenvalue weighted by Crippen LogP contribution is -2.50. The van der Waals surface area contributed by atoms with E-state index in [9.17, 15) is 9.59 Å². The summed E-state index contributed by atoms with van der Waals surface area (Å²) in [5.74, 6) is 1.95. The molecule has 1 aliphatic heterocycles. The molecule has 1 aromatic carbocycles. The highest BCUT2D eigenvalue weighted by molar-refractivity contribution is 7.16. The largest absolute Gasteiger partial charge is 0.494 e. The number of aryl methyl sites for hydroxylation is 2. The van der Waals surface area contributed by atoms with Crippen LogP contribution in [0.1, 0.15) is 50.9 Å². The van der Waals surface area contributed by atoms with Crippen molar-refractivity contribution in [2.75, 3.05) is 20.2 Å². The van der Waals surface area contributed by atoms with E-state index in [-0.39, 0.29) is 11.9 Å². The molecule has 0 radical (unpaired) electrons. The fourth-order valence-corrected chi connectivity index (χ4v) is 5.95. The number of nitrogens with zero attached hydrogens (tertiary/aromatic N) is 5. The highest BCUT2D eigenvalue weighted by atomic mass is 32.1. The van der Waals surface area contributed by atoms with E-state index < -0.39 is 11.7 Å². The number of fused-ring (bicyclic) bond motifs is 2. The Bertz CT molecular complexity index is 1510. The van der Waals surface area contributed by atoms with Gasteiger partial charge in [0.2, 0.25) is 0 Å². The molecule has 2 amide bonds. The molecule has 0 saturated carbocycles. The first-order valence-electron chi connectivity index (χ1n) is 12.9. The number of thiophene rings is 1. The van der Waals surface area contributed by atoms with Gasteiger partial charge in [-0.15, -0.1) is 11.3 Å². The maximum atomic E-state index is 13.6. The molecule has 4 heterocycles. The Labute approximate surface area is 225 Å². The monoisotopic (exact) mass is 538 g/mol. The van der Waals surface area contributed by atoms with Crippen LogP contribution in [0.5, 0.6) is 5.75 Å². The van der Waals surface area contributed by atoms with Crippen molar-refractivity contribution in [2.45, 2.75) is 58.7 Å². The van der Waals surface area contributed by atoms with E-state index in [0.717, 1.165) is 41.1 Å². The summed E-state index contributed by atoms with van der Waals surface area (Å²) in [6.07, 6.45) is 1.11. The molecule has 3 aromatic heterocycles. The van der Waals surface area contributed by atoms with Gasteiger partial charge in [-0.05, 0) is 64.1 Å². The van der Waals surface area contributed by atoms with Gasteiger partial charge in [0.15, 0.2) is 11.6 Å². The van der Waals surface area contributed by atoms with Crippen LogP contribution in [-0.2, 0) is 18.3 Å². The third kappa shape index (κ3) is 4.82. The molecule has 202 valence electrons. The summed E-state index contributed by atoms with van der Waals surface area (Å²) < 4.78 is 15.3. The number of amides is 2. The summed E-state index contributed by atoms with van der Waals surface area (Å²) in [7, 11) is 3.54. The lowest BCUT2D eigenvalue weighted by molar-refractivity contribution is 0.0452. The second-order valence-electron chi connectivity index (χ2n) is 10.6. The zero-order chi connectivity index (χ0) is 27.2. The molecule has 1 atom stereocenters. The molecule has 0 unspecified atom stereocenters. The first kappa shape index (κ1) is 26.0. The van der Waals surface area contributed by atoms with Crippen molar-refractivity contribution in [3.63, 3.8) is 0 Å². The number of ether oxygens (including phenoxy) is 2. The minimum atomic E-state index is -0.578. The quantitative estimate of drug-likeness (QED) is 0.391. The van der Waals surface area contributed by atoms with Crippen molar-refractivity contribution in [2.24, 2.45) is 7.05 Å². The van der Waals surface area contributed by atoms with Gasteiger partial charge in [-0.2, -0.15) is 0 Å². The van der Waals surface area contributed by atoms with E-state index in [4.69, 9.17) is 19.4 Å². The van der Waals surface area contributed by atoms with Crippen LogP contribution in [0.4, 0.5) is 4.79 Å². The molecule has 1 aliphatic rings. The van der Waals surface area contributed by atoms with Gasteiger partial charge >= 0.3 is 6.09 Å². The van der Waals surface area contributed by atoms with Crippen LogP contribution in [0.3, 0.4) is 0 Å². The van der Waals surface area contributed by atoms with E-state index in [1.165, 1.54) is 0 Å². The van der Waals surface area contributed by atoms with Gasteiger partial charge in [0, 0.05) is 38.3 Å². The van der Waals surface area contributed by atoms with Crippen LogP contribution in [-0.4, -0.2) is 67.8 Å². The fourth-order valence-electron chi connectivity index (χ4n) is 5.04. The first-order chi connectivity index (χ1) is 18.1. The average Bonchev–Trinajstić information content (AvgIpc) is 3.54. The molecule has 0 bridgehead atoms. The van der Waals surface area contributed by atoms with Crippen LogP contribution >= 0.6 is 11.3 Å². The maximum absolute atomic E-state index is 13.6. The van der Waals surface area contributed by atoms with Gasteiger partial charge in [0.1, 0.15) is 27.2 Å². The number of imidazole rings is 2. The number of nitrogens with one attached hydrogen (secondary N) is 1. The number of hydrogen-bond donors (Lipinski definition) is 1. The number of alkyl carbamates (subject to hydrolysis) is 1. The topological polar surface area (TPSA) is 104 Å². The molecule has 1 fully saturated rings. The van der Waals surface area contributed by atoms with Crippen LogP contribution < -0.4 is 10.1 Å². The molecule has 11 heteroatoms. The van der Waals surface area contributed by atoms with Crippen molar-refractivity contribution in [1.29, 1.82) is 0 Å². The predicted molar refractivity (Wildman–Crippen MR) is 148 cm³/mol. The highest BCUT2D eigenvalue weighted by Crippen LogP contribution is 2.34. The van der Waals surface area contributed by atoms with E-state index in [1.54, 1.807) is 29.4 Å². The summed E-state index contributed by atoms with van der Waals surface area (Å²) >= 11 is 1.66. The van der Waals surface area contributed by atoms with Crippen molar-refractivity contribution in [1.82, 2.24) is 29.3 Å². The van der Waals surface area contributed by atoms with Gasteiger partial charge in [0.25, 0.3) is 5.91 Å². The summed E-state index contributed by atoms with van der Waals surface area (Å²) in [4.78, 5) is 38.5. The Kier molecular flexibility index (Phi) is 6.81. The molecular formula is C27H34N6O4S. The molecular weight excluding hydrogens is 504 g/mol. The molecule has 0 aliphatic carbocycles. The molecule has 1 N–H and O–H groups in total. The van der Waals surface area contributed by atoms with Crippen molar-refractivity contribution in [3.05, 3.63) is 29.1 Å². The van der Waals surface area contributed by atoms with Crippen molar-refractivity contribution >= 4 is 44.7 Å². The average molecular weight is 539 g/mol. The Morgan fingerprint density at radius 1 is 1.18 bits per heavy atom. The second-order valence-corrected chi connectivity index (χ2v) is 11.5. The van der Waals surface area contributed by atoms with Crippen molar-refractivity contribution in [3.8, 4) is 17.4 Å². The van der Waals surface area contributed by atoms with Crippen molar-refractivity contribution < 1.29 is 19.1 Å². The van der Waals surface area contributed by atoms with Crippen LogP contribution in [0.25, 0.3) is 33.0 Å². The van der Waals surface area contributed by atoms with E-state index in [2.05, 4.69) is 16.8 Å². The zero-order valence-corrected chi connectivity index (χ0v) is 23.5. The summed E-state index contributed by atoms with van der Waals surface area (Å²) in [6.45, 7) is 9.37. The molecule has 0 spiro atoms. The summed E-state index contributed by atoms with van der Waals surface area (Å²) in [5, 5.41) is 4.95. The lowest BCUT2D eigenvalue weighted by Gasteiger charge is -2.33. The highest BCUT2D eigenvalue weighted by Gasteiger charge is 2.29. The molecule has 10 nitrogen and oxygen atoms in total. The summed E-state index contributed by atoms with van der Waals surface area (Å²) in [5.41, 5.74) is 2.33. The fraction of sp³-hybridized carbons (Fsp3) is 0.481. The Balaban J connectivity index is 1.44. The Hall–Kier alpha value is -3.60. The minimum absolute atomic E-state index is 0.122. The van der Waals surface area contributed by atoms with Crippen LogP contribution in [0, 0.1) is 0 Å². The van der Waals surface area contributed by atoms with Gasteiger partial charge < -0.3 is 28.8 Å². The number of hydrogen-bond acceptors (Lipinski definition) is 7. The van der Waals surface area contributed by atoms with E-state index in [0.29, 0.717) is 35.7 Å². The molecule has 5 rings (SSSR count). The second kappa shape index (κ2) is 9.94. The van der Waals surface area contributed by atoms with Gasteiger partial charge in [0.05, 0.1) is 12.6 Å². The number of methoxy groups -OCH3 is 1. The van der Waals surface area contributed by atoms with Gasteiger partial charge in [-0.25, -0.2) is 14.8 Å². The molecule has 1 saturated heterocycles. The zero-order valence-electron chi connectivity index (χ0n) is 22.7. The number of carbonyl (C=O) groups is 2. The third-order valence-electron chi connectivity index (χ3n) is 6.70.